The van der Waals surface area contributed by atoms with Gasteiger partial charge in [0.1, 0.15) is 23.8 Å². The minimum atomic E-state index is -0.258. The van der Waals surface area contributed by atoms with E-state index in [2.05, 4.69) is 5.32 Å². The molecule has 0 aliphatic heterocycles. The Labute approximate surface area is 154 Å². The number of nitrogens with one attached hydrogen (secondary N) is 2. The van der Waals surface area contributed by atoms with E-state index in [4.69, 9.17) is 14.2 Å². The van der Waals surface area contributed by atoms with Crippen LogP contribution in [0.15, 0.2) is 42.5 Å². The number of quaternary nitrogens is 1. The Bertz CT molecular complexity index is 748. The Kier molecular flexibility index (Phi) is 6.86. The molecule has 6 nitrogen and oxygen atoms in total. The minimum Gasteiger partial charge on any atom is -0.497 e. The summed E-state index contributed by atoms with van der Waals surface area (Å²) in [4.78, 5) is 13.7. The molecule has 2 rings (SSSR count). The topological polar surface area (TPSA) is 61.2 Å². The molecule has 1 unspecified atom stereocenters. The number of rotatable bonds is 8. The minimum absolute atomic E-state index is 0.0699. The van der Waals surface area contributed by atoms with E-state index in [-0.39, 0.29) is 11.9 Å². The van der Waals surface area contributed by atoms with Crippen LogP contribution in [0, 0.1) is 0 Å². The molecule has 6 heteroatoms. The van der Waals surface area contributed by atoms with E-state index in [0.717, 1.165) is 22.0 Å². The number of amides is 1. The summed E-state index contributed by atoms with van der Waals surface area (Å²) in [6.45, 7) is 2.55. The standard InChI is InChI=1S/C20H26N2O4/c1-14(20(23)21-17-8-6-7-9-18(17)25-4)22(2)13-15-10-11-16(24-3)12-19(15)26-5/h6-12,14H,13H2,1-5H3,(H,21,23)/p+1/t14-/m1/s1. The number of likely N-dealkylation sites (N-methyl/N-ethyl adjacent to an activating group) is 1. The molecule has 0 radical (unpaired) electrons. The monoisotopic (exact) mass is 359 g/mol. The van der Waals surface area contributed by atoms with Gasteiger partial charge in [-0.3, -0.25) is 4.79 Å². The van der Waals surface area contributed by atoms with Crippen LogP contribution in [0.2, 0.25) is 0 Å². The first kappa shape index (κ1) is 19.6. The lowest BCUT2D eigenvalue weighted by Gasteiger charge is -2.22. The molecule has 0 saturated carbocycles. The van der Waals surface area contributed by atoms with Crippen LogP contribution in [-0.4, -0.2) is 40.3 Å². The van der Waals surface area contributed by atoms with Crippen molar-refractivity contribution in [1.82, 2.24) is 0 Å². The van der Waals surface area contributed by atoms with E-state index >= 15 is 0 Å². The first-order valence-electron chi connectivity index (χ1n) is 8.47. The molecule has 140 valence electrons. The third-order valence-electron chi connectivity index (χ3n) is 4.46. The van der Waals surface area contributed by atoms with Gasteiger partial charge in [0.05, 0.1) is 34.1 Å². The Morgan fingerprint density at radius 2 is 1.73 bits per heavy atom. The maximum absolute atomic E-state index is 12.6. The fourth-order valence-corrected chi connectivity index (χ4v) is 2.66. The molecule has 0 fully saturated rings. The number of benzene rings is 2. The summed E-state index contributed by atoms with van der Waals surface area (Å²) >= 11 is 0. The molecule has 1 amide bonds. The van der Waals surface area contributed by atoms with Gasteiger partial charge >= 0.3 is 0 Å². The highest BCUT2D eigenvalue weighted by atomic mass is 16.5. The van der Waals surface area contributed by atoms with Crippen LogP contribution in [0.1, 0.15) is 12.5 Å². The molecule has 0 bridgehead atoms. The van der Waals surface area contributed by atoms with Crippen LogP contribution in [0.5, 0.6) is 17.2 Å². The zero-order valence-electron chi connectivity index (χ0n) is 16.0. The van der Waals surface area contributed by atoms with Crippen LogP contribution in [-0.2, 0) is 11.3 Å². The smallest absolute Gasteiger partial charge is 0.282 e. The largest absolute Gasteiger partial charge is 0.497 e. The lowest BCUT2D eigenvalue weighted by molar-refractivity contribution is -0.907. The second-order valence-corrected chi connectivity index (χ2v) is 6.11. The van der Waals surface area contributed by atoms with Crippen molar-refractivity contribution in [2.75, 3.05) is 33.7 Å². The van der Waals surface area contributed by atoms with Crippen molar-refractivity contribution in [3.63, 3.8) is 0 Å². The number of carbonyl (C=O) groups is 1. The van der Waals surface area contributed by atoms with Gasteiger partial charge in [-0.15, -0.1) is 0 Å². The average molecular weight is 359 g/mol. The van der Waals surface area contributed by atoms with Crippen LogP contribution < -0.4 is 24.4 Å². The molecule has 2 aromatic carbocycles. The highest BCUT2D eigenvalue weighted by molar-refractivity contribution is 5.94. The van der Waals surface area contributed by atoms with E-state index in [1.165, 1.54) is 0 Å². The molecule has 26 heavy (non-hydrogen) atoms. The summed E-state index contributed by atoms with van der Waals surface area (Å²) in [5, 5.41) is 2.94. The summed E-state index contributed by atoms with van der Waals surface area (Å²) in [6.07, 6.45) is 0. The van der Waals surface area contributed by atoms with Gasteiger partial charge in [0.25, 0.3) is 5.91 Å². The molecular weight excluding hydrogens is 332 g/mol. The molecule has 2 N–H and O–H groups in total. The zero-order valence-corrected chi connectivity index (χ0v) is 16.0. The fourth-order valence-electron chi connectivity index (χ4n) is 2.66. The van der Waals surface area contributed by atoms with Gasteiger partial charge in [0.15, 0.2) is 6.04 Å². The Balaban J connectivity index is 2.07. The van der Waals surface area contributed by atoms with Crippen LogP contribution in [0.25, 0.3) is 0 Å². The molecular formula is C20H27N2O4+. The quantitative estimate of drug-likeness (QED) is 0.754. The Morgan fingerprint density at radius 1 is 1.04 bits per heavy atom. The summed E-state index contributed by atoms with van der Waals surface area (Å²) < 4.78 is 16.0. The maximum Gasteiger partial charge on any atom is 0.282 e. The molecule has 0 aliphatic carbocycles. The highest BCUT2D eigenvalue weighted by Crippen LogP contribution is 2.24. The second kappa shape index (κ2) is 9.10. The maximum atomic E-state index is 12.6. The number of hydrogen-bond acceptors (Lipinski definition) is 4. The number of para-hydroxylation sites is 2. The molecule has 0 aromatic heterocycles. The SMILES string of the molecule is COc1ccc(C[NH+](C)[C@H](C)C(=O)Nc2ccccc2OC)c(OC)c1. The van der Waals surface area contributed by atoms with Gasteiger partial charge < -0.3 is 24.4 Å². The summed E-state index contributed by atoms with van der Waals surface area (Å²) in [6, 6.07) is 12.8. The molecule has 0 saturated heterocycles. The third kappa shape index (κ3) is 4.67. The fraction of sp³-hybridized carbons (Fsp3) is 0.350. The predicted octanol–water partition coefficient (Wildman–Crippen LogP) is 1.75. The van der Waals surface area contributed by atoms with E-state index < -0.39 is 0 Å². The highest BCUT2D eigenvalue weighted by Gasteiger charge is 2.24. The molecule has 2 atom stereocenters. The van der Waals surface area contributed by atoms with Crippen molar-refractivity contribution in [3.05, 3.63) is 48.0 Å². The van der Waals surface area contributed by atoms with E-state index in [0.29, 0.717) is 18.0 Å². The van der Waals surface area contributed by atoms with Crippen LogP contribution in [0.4, 0.5) is 5.69 Å². The van der Waals surface area contributed by atoms with Crippen molar-refractivity contribution < 1.29 is 23.9 Å². The van der Waals surface area contributed by atoms with Crippen LogP contribution in [0.3, 0.4) is 0 Å². The zero-order chi connectivity index (χ0) is 19.1. The Hall–Kier alpha value is -2.73. The summed E-state index contributed by atoms with van der Waals surface area (Å²) in [7, 11) is 6.82. The third-order valence-corrected chi connectivity index (χ3v) is 4.46. The Morgan fingerprint density at radius 3 is 2.38 bits per heavy atom. The van der Waals surface area contributed by atoms with Gasteiger partial charge in [-0.1, -0.05) is 12.1 Å². The molecule has 2 aromatic rings. The van der Waals surface area contributed by atoms with Crippen LogP contribution >= 0.6 is 0 Å². The van der Waals surface area contributed by atoms with Crippen molar-refractivity contribution in [3.8, 4) is 17.2 Å². The molecule has 0 spiro atoms. The predicted molar refractivity (Wildman–Crippen MR) is 101 cm³/mol. The normalized spacial score (nSPS) is 12.8. The number of carbonyl (C=O) groups excluding carboxylic acids is 1. The van der Waals surface area contributed by atoms with E-state index in [1.54, 1.807) is 21.3 Å². The summed E-state index contributed by atoms with van der Waals surface area (Å²) in [5.41, 5.74) is 1.68. The van der Waals surface area contributed by atoms with Crippen molar-refractivity contribution in [1.29, 1.82) is 0 Å². The van der Waals surface area contributed by atoms with Crippen molar-refractivity contribution >= 4 is 11.6 Å². The first-order chi connectivity index (χ1) is 12.5. The second-order valence-electron chi connectivity index (χ2n) is 6.11. The molecule has 0 aliphatic rings. The van der Waals surface area contributed by atoms with E-state index in [9.17, 15) is 4.79 Å². The van der Waals surface area contributed by atoms with Gasteiger partial charge in [-0.25, -0.2) is 0 Å². The summed E-state index contributed by atoms with van der Waals surface area (Å²) in [5.74, 6) is 2.06. The van der Waals surface area contributed by atoms with Gasteiger partial charge in [-0.05, 0) is 31.2 Å². The van der Waals surface area contributed by atoms with E-state index in [1.807, 2.05) is 56.4 Å². The first-order valence-corrected chi connectivity index (χ1v) is 8.47. The number of hydrogen-bond donors (Lipinski definition) is 2. The number of anilines is 1. The lowest BCUT2D eigenvalue weighted by Crippen LogP contribution is -3.12. The number of methoxy groups -OCH3 is 3. The number of ether oxygens (including phenoxy) is 3. The van der Waals surface area contributed by atoms with Gasteiger partial charge in [-0.2, -0.15) is 0 Å². The van der Waals surface area contributed by atoms with Crippen molar-refractivity contribution in [2.24, 2.45) is 0 Å². The lowest BCUT2D eigenvalue weighted by atomic mass is 10.1. The molecule has 0 heterocycles. The average Bonchev–Trinajstić information content (AvgIpc) is 2.67. The van der Waals surface area contributed by atoms with Crippen molar-refractivity contribution in [2.45, 2.75) is 19.5 Å². The van der Waals surface area contributed by atoms with Gasteiger partial charge in [0.2, 0.25) is 0 Å². The van der Waals surface area contributed by atoms with Gasteiger partial charge in [0, 0.05) is 11.6 Å².